The average Bonchev–Trinajstić information content (AvgIpc) is 2.58. The van der Waals surface area contributed by atoms with E-state index in [0.717, 1.165) is 38.8 Å². The molecule has 1 rings (SSSR count). The highest BCUT2D eigenvalue weighted by Crippen LogP contribution is 2.23. The Kier molecular flexibility index (Phi) is 5.03. The molecule has 0 bridgehead atoms. The van der Waals surface area contributed by atoms with Gasteiger partial charge in [0.25, 0.3) is 0 Å². The first kappa shape index (κ1) is 12.9. The number of hydrogen-bond donors (Lipinski definition) is 2. The molecule has 15 heavy (non-hydrogen) atoms. The summed E-state index contributed by atoms with van der Waals surface area (Å²) in [4.78, 5) is 0. The summed E-state index contributed by atoms with van der Waals surface area (Å²) in [5.41, 5.74) is 0.248. The van der Waals surface area contributed by atoms with Gasteiger partial charge in [-0.3, -0.25) is 0 Å². The molecular weight excluding hydrogens is 190 g/mol. The monoisotopic (exact) mass is 215 g/mol. The predicted molar refractivity (Wildman–Crippen MR) is 61.9 cm³/mol. The number of aliphatic hydroxyl groups excluding tert-OH is 1. The van der Waals surface area contributed by atoms with Crippen molar-refractivity contribution in [3.8, 4) is 0 Å². The molecule has 0 aliphatic heterocycles. The Morgan fingerprint density at radius 2 is 2.13 bits per heavy atom. The van der Waals surface area contributed by atoms with Crippen LogP contribution in [0.5, 0.6) is 0 Å². The van der Waals surface area contributed by atoms with Crippen LogP contribution in [0.15, 0.2) is 0 Å². The van der Waals surface area contributed by atoms with E-state index in [1.807, 2.05) is 0 Å². The van der Waals surface area contributed by atoms with Crippen molar-refractivity contribution in [1.82, 2.24) is 5.32 Å². The Hall–Kier alpha value is -0.120. The summed E-state index contributed by atoms with van der Waals surface area (Å²) in [6, 6.07) is 0.312. The lowest BCUT2D eigenvalue weighted by molar-refractivity contribution is 0.126. The van der Waals surface area contributed by atoms with Crippen molar-refractivity contribution in [2.45, 2.75) is 51.7 Å². The number of rotatable bonds is 6. The van der Waals surface area contributed by atoms with Crippen LogP contribution in [-0.4, -0.2) is 37.5 Å². The van der Waals surface area contributed by atoms with Gasteiger partial charge in [0, 0.05) is 26.3 Å². The van der Waals surface area contributed by atoms with Gasteiger partial charge < -0.3 is 15.2 Å². The van der Waals surface area contributed by atoms with Crippen LogP contribution in [0.3, 0.4) is 0 Å². The summed E-state index contributed by atoms with van der Waals surface area (Å²) in [6.45, 7) is 6.24. The molecule has 0 spiro atoms. The highest BCUT2D eigenvalue weighted by atomic mass is 16.5. The van der Waals surface area contributed by atoms with E-state index in [-0.39, 0.29) is 11.5 Å². The van der Waals surface area contributed by atoms with Crippen LogP contribution in [-0.2, 0) is 4.74 Å². The van der Waals surface area contributed by atoms with Crippen LogP contribution >= 0.6 is 0 Å². The summed E-state index contributed by atoms with van der Waals surface area (Å²) >= 11 is 0. The molecule has 3 heteroatoms. The molecule has 3 nitrogen and oxygen atoms in total. The number of methoxy groups -OCH3 is 1. The molecule has 0 unspecified atom stereocenters. The molecule has 0 aromatic rings. The molecule has 1 saturated carbocycles. The maximum Gasteiger partial charge on any atom is 0.0693 e. The lowest BCUT2D eigenvalue weighted by atomic mass is 9.89. The van der Waals surface area contributed by atoms with Gasteiger partial charge in [-0.25, -0.2) is 0 Å². The first-order valence-electron chi connectivity index (χ1n) is 5.95. The van der Waals surface area contributed by atoms with E-state index in [1.165, 1.54) is 0 Å². The molecular formula is C12H25NO2. The van der Waals surface area contributed by atoms with E-state index in [4.69, 9.17) is 4.74 Å². The van der Waals surface area contributed by atoms with E-state index in [1.54, 1.807) is 7.11 Å². The highest BCUT2D eigenvalue weighted by molar-refractivity contribution is 4.84. The fourth-order valence-electron chi connectivity index (χ4n) is 2.05. The molecule has 0 saturated heterocycles. The van der Waals surface area contributed by atoms with Crippen molar-refractivity contribution < 1.29 is 9.84 Å². The normalized spacial score (nSPS) is 27.2. The minimum Gasteiger partial charge on any atom is -0.392 e. The van der Waals surface area contributed by atoms with Crippen LogP contribution in [0.2, 0.25) is 0 Å². The Labute approximate surface area is 93.2 Å². The molecule has 2 N–H and O–H groups in total. The van der Waals surface area contributed by atoms with Crippen molar-refractivity contribution >= 4 is 0 Å². The van der Waals surface area contributed by atoms with Gasteiger partial charge in [-0.15, -0.1) is 0 Å². The van der Waals surface area contributed by atoms with Gasteiger partial charge in [-0.1, -0.05) is 13.8 Å². The van der Waals surface area contributed by atoms with Crippen LogP contribution in [0.4, 0.5) is 0 Å². The standard InChI is InChI=1S/C12H25NO2/c1-12(2,7-8-15-3)9-13-10-5-4-6-11(10)14/h10-11,13-14H,4-9H2,1-3H3/t10-,11-/m1/s1. The number of aliphatic hydroxyl groups is 1. The molecule has 0 heterocycles. The van der Waals surface area contributed by atoms with E-state index < -0.39 is 0 Å². The second kappa shape index (κ2) is 5.83. The van der Waals surface area contributed by atoms with E-state index in [2.05, 4.69) is 19.2 Å². The average molecular weight is 215 g/mol. The van der Waals surface area contributed by atoms with Gasteiger partial charge >= 0.3 is 0 Å². The lowest BCUT2D eigenvalue weighted by Crippen LogP contribution is -2.41. The van der Waals surface area contributed by atoms with Crippen LogP contribution in [0.1, 0.15) is 39.5 Å². The predicted octanol–water partition coefficient (Wildman–Crippen LogP) is 1.55. The molecule has 0 aromatic heterocycles. The Morgan fingerprint density at radius 1 is 1.40 bits per heavy atom. The molecule has 2 atom stereocenters. The second-order valence-corrected chi connectivity index (χ2v) is 5.39. The van der Waals surface area contributed by atoms with Crippen molar-refractivity contribution in [3.63, 3.8) is 0 Å². The third-order valence-electron chi connectivity index (χ3n) is 3.31. The van der Waals surface area contributed by atoms with E-state index >= 15 is 0 Å². The zero-order chi connectivity index (χ0) is 11.3. The maximum atomic E-state index is 9.67. The van der Waals surface area contributed by atoms with Crippen LogP contribution < -0.4 is 5.32 Å². The van der Waals surface area contributed by atoms with Gasteiger partial charge in [0.1, 0.15) is 0 Å². The molecule has 1 aliphatic carbocycles. The lowest BCUT2D eigenvalue weighted by Gasteiger charge is -2.27. The zero-order valence-electron chi connectivity index (χ0n) is 10.3. The first-order chi connectivity index (χ1) is 7.05. The number of ether oxygens (including phenoxy) is 1. The minimum atomic E-state index is -0.136. The SMILES string of the molecule is COCCC(C)(C)CN[C@@H]1CCC[C@H]1O. The van der Waals surface area contributed by atoms with Crippen LogP contribution in [0.25, 0.3) is 0 Å². The van der Waals surface area contributed by atoms with Gasteiger partial charge in [0.15, 0.2) is 0 Å². The van der Waals surface area contributed by atoms with E-state index in [0.29, 0.717) is 6.04 Å². The van der Waals surface area contributed by atoms with Gasteiger partial charge in [-0.2, -0.15) is 0 Å². The summed E-state index contributed by atoms with van der Waals surface area (Å²) in [6.07, 6.45) is 4.14. The van der Waals surface area contributed by atoms with Crippen molar-refractivity contribution in [2.75, 3.05) is 20.3 Å². The van der Waals surface area contributed by atoms with Crippen LogP contribution in [0, 0.1) is 5.41 Å². The molecule has 0 amide bonds. The molecule has 1 aliphatic rings. The van der Waals surface area contributed by atoms with Gasteiger partial charge in [0.2, 0.25) is 0 Å². The summed E-state index contributed by atoms with van der Waals surface area (Å²) < 4.78 is 5.09. The fourth-order valence-corrected chi connectivity index (χ4v) is 2.05. The maximum absolute atomic E-state index is 9.67. The molecule has 0 radical (unpaired) electrons. The number of hydrogen-bond acceptors (Lipinski definition) is 3. The Morgan fingerprint density at radius 3 is 2.67 bits per heavy atom. The summed E-state index contributed by atoms with van der Waals surface area (Å²) in [5.74, 6) is 0. The third-order valence-corrected chi connectivity index (χ3v) is 3.31. The fraction of sp³-hybridized carbons (Fsp3) is 1.00. The van der Waals surface area contributed by atoms with E-state index in [9.17, 15) is 5.11 Å². The Balaban J connectivity index is 2.22. The molecule has 90 valence electrons. The number of nitrogens with one attached hydrogen (secondary N) is 1. The largest absolute Gasteiger partial charge is 0.392 e. The topological polar surface area (TPSA) is 41.5 Å². The van der Waals surface area contributed by atoms with Crippen molar-refractivity contribution in [3.05, 3.63) is 0 Å². The summed E-state index contributed by atoms with van der Waals surface area (Å²) in [5, 5.41) is 13.1. The second-order valence-electron chi connectivity index (χ2n) is 5.39. The van der Waals surface area contributed by atoms with Crippen molar-refractivity contribution in [1.29, 1.82) is 0 Å². The van der Waals surface area contributed by atoms with Gasteiger partial charge in [-0.05, 0) is 31.1 Å². The Bertz CT molecular complexity index is 182. The van der Waals surface area contributed by atoms with Gasteiger partial charge in [0.05, 0.1) is 6.10 Å². The quantitative estimate of drug-likeness (QED) is 0.706. The smallest absolute Gasteiger partial charge is 0.0693 e. The highest BCUT2D eigenvalue weighted by Gasteiger charge is 2.27. The molecule has 0 aromatic carbocycles. The third kappa shape index (κ3) is 4.49. The summed E-state index contributed by atoms with van der Waals surface area (Å²) in [7, 11) is 1.74. The zero-order valence-corrected chi connectivity index (χ0v) is 10.3. The van der Waals surface area contributed by atoms with Crippen molar-refractivity contribution in [2.24, 2.45) is 5.41 Å². The molecule has 1 fully saturated rings. The minimum absolute atomic E-state index is 0.136. The first-order valence-corrected chi connectivity index (χ1v) is 5.95.